The van der Waals surface area contributed by atoms with Crippen molar-refractivity contribution in [2.24, 2.45) is 5.92 Å². The van der Waals surface area contributed by atoms with Crippen molar-refractivity contribution in [3.8, 4) is 0 Å². The lowest BCUT2D eigenvalue weighted by Gasteiger charge is -2.07. The average Bonchev–Trinajstić information content (AvgIpc) is 1.98. The van der Waals surface area contributed by atoms with E-state index in [1.807, 2.05) is 0 Å². The molecule has 1 nitrogen and oxygen atoms in total. The van der Waals surface area contributed by atoms with Crippen LogP contribution in [0.2, 0.25) is 0 Å². The third kappa shape index (κ3) is 6.09. The Bertz CT molecular complexity index is 61.7. The molecule has 0 heterocycles. The summed E-state index contributed by atoms with van der Waals surface area (Å²) in [6.07, 6.45) is 3.89. The SMILES string of the molecule is CCCNCCC(C)CC. The van der Waals surface area contributed by atoms with E-state index < -0.39 is 0 Å². The van der Waals surface area contributed by atoms with Gasteiger partial charge in [0, 0.05) is 0 Å². The molecular weight excluding hydrogens is 122 g/mol. The van der Waals surface area contributed by atoms with Gasteiger partial charge in [-0.1, -0.05) is 27.2 Å². The van der Waals surface area contributed by atoms with Crippen molar-refractivity contribution in [3.05, 3.63) is 0 Å². The first-order valence-electron chi connectivity index (χ1n) is 4.52. The van der Waals surface area contributed by atoms with E-state index >= 15 is 0 Å². The smallest absolute Gasteiger partial charge is 0.00464 e. The van der Waals surface area contributed by atoms with Gasteiger partial charge in [-0.3, -0.25) is 0 Å². The molecule has 0 bridgehead atoms. The number of nitrogens with one attached hydrogen (secondary N) is 1. The molecule has 0 saturated carbocycles. The Morgan fingerprint density at radius 2 is 1.90 bits per heavy atom. The van der Waals surface area contributed by atoms with Crippen LogP contribution in [0.15, 0.2) is 0 Å². The lowest BCUT2D eigenvalue weighted by atomic mass is 10.1. The average molecular weight is 143 g/mol. The molecule has 0 aliphatic rings. The fraction of sp³-hybridized carbons (Fsp3) is 1.00. The molecule has 0 aromatic heterocycles. The summed E-state index contributed by atoms with van der Waals surface area (Å²) < 4.78 is 0. The molecule has 62 valence electrons. The minimum Gasteiger partial charge on any atom is -0.317 e. The van der Waals surface area contributed by atoms with Gasteiger partial charge in [0.15, 0.2) is 0 Å². The zero-order valence-electron chi connectivity index (χ0n) is 7.61. The highest BCUT2D eigenvalue weighted by Gasteiger charge is 1.95. The van der Waals surface area contributed by atoms with E-state index in [9.17, 15) is 0 Å². The Labute approximate surface area is 65.2 Å². The second-order valence-electron chi connectivity index (χ2n) is 3.05. The van der Waals surface area contributed by atoms with Gasteiger partial charge in [0.2, 0.25) is 0 Å². The van der Waals surface area contributed by atoms with Gasteiger partial charge >= 0.3 is 0 Å². The first kappa shape index (κ1) is 9.96. The molecule has 0 fully saturated rings. The molecule has 0 aromatic carbocycles. The molecule has 0 saturated heterocycles. The lowest BCUT2D eigenvalue weighted by molar-refractivity contribution is 0.488. The van der Waals surface area contributed by atoms with Crippen LogP contribution in [0.5, 0.6) is 0 Å². The monoisotopic (exact) mass is 143 g/mol. The summed E-state index contributed by atoms with van der Waals surface area (Å²) in [6.45, 7) is 9.15. The van der Waals surface area contributed by atoms with Crippen LogP contribution in [-0.2, 0) is 0 Å². The largest absolute Gasteiger partial charge is 0.317 e. The van der Waals surface area contributed by atoms with Crippen LogP contribution in [0.3, 0.4) is 0 Å². The summed E-state index contributed by atoms with van der Waals surface area (Å²) in [6, 6.07) is 0. The van der Waals surface area contributed by atoms with Crippen LogP contribution in [0, 0.1) is 5.92 Å². The van der Waals surface area contributed by atoms with Gasteiger partial charge < -0.3 is 5.32 Å². The summed E-state index contributed by atoms with van der Waals surface area (Å²) in [4.78, 5) is 0. The van der Waals surface area contributed by atoms with Gasteiger partial charge in [-0.15, -0.1) is 0 Å². The normalized spacial score (nSPS) is 13.5. The molecule has 0 aromatic rings. The molecule has 0 aliphatic heterocycles. The van der Waals surface area contributed by atoms with E-state index in [0.29, 0.717) is 0 Å². The summed E-state index contributed by atoms with van der Waals surface area (Å²) in [5.41, 5.74) is 0. The number of hydrogen-bond acceptors (Lipinski definition) is 1. The van der Waals surface area contributed by atoms with Gasteiger partial charge in [0.1, 0.15) is 0 Å². The highest BCUT2D eigenvalue weighted by atomic mass is 14.8. The molecule has 0 spiro atoms. The number of hydrogen-bond donors (Lipinski definition) is 1. The second kappa shape index (κ2) is 7.07. The minimum atomic E-state index is 0.893. The molecule has 0 aliphatic carbocycles. The molecule has 0 amide bonds. The fourth-order valence-corrected chi connectivity index (χ4v) is 0.854. The van der Waals surface area contributed by atoms with Crippen molar-refractivity contribution < 1.29 is 0 Å². The predicted octanol–water partition coefficient (Wildman–Crippen LogP) is 2.42. The molecular formula is C9H21N. The maximum atomic E-state index is 3.40. The summed E-state index contributed by atoms with van der Waals surface area (Å²) in [5, 5.41) is 3.40. The third-order valence-electron chi connectivity index (χ3n) is 1.94. The highest BCUT2D eigenvalue weighted by Crippen LogP contribution is 2.03. The maximum absolute atomic E-state index is 3.40. The predicted molar refractivity (Wildman–Crippen MR) is 47.2 cm³/mol. The van der Waals surface area contributed by atoms with Crippen molar-refractivity contribution in [1.29, 1.82) is 0 Å². The van der Waals surface area contributed by atoms with Crippen LogP contribution < -0.4 is 5.32 Å². The van der Waals surface area contributed by atoms with Crippen molar-refractivity contribution in [2.45, 2.75) is 40.0 Å². The van der Waals surface area contributed by atoms with Crippen LogP contribution in [0.1, 0.15) is 40.0 Å². The van der Waals surface area contributed by atoms with E-state index in [4.69, 9.17) is 0 Å². The Balaban J connectivity index is 2.89. The second-order valence-corrected chi connectivity index (χ2v) is 3.05. The quantitative estimate of drug-likeness (QED) is 0.563. The Morgan fingerprint density at radius 3 is 2.40 bits per heavy atom. The molecule has 1 N–H and O–H groups in total. The summed E-state index contributed by atoms with van der Waals surface area (Å²) in [7, 11) is 0. The van der Waals surface area contributed by atoms with Crippen molar-refractivity contribution in [1.82, 2.24) is 5.32 Å². The summed E-state index contributed by atoms with van der Waals surface area (Å²) in [5.74, 6) is 0.893. The molecule has 0 rings (SSSR count). The maximum Gasteiger partial charge on any atom is -0.00464 e. The first-order chi connectivity index (χ1) is 4.81. The van der Waals surface area contributed by atoms with Crippen LogP contribution in [0.25, 0.3) is 0 Å². The first-order valence-corrected chi connectivity index (χ1v) is 4.52. The standard InChI is InChI=1S/C9H21N/c1-4-7-10-8-6-9(3)5-2/h9-10H,4-8H2,1-3H3. The molecule has 10 heavy (non-hydrogen) atoms. The van der Waals surface area contributed by atoms with E-state index in [1.165, 1.54) is 32.4 Å². The lowest BCUT2D eigenvalue weighted by Crippen LogP contribution is -2.17. The highest BCUT2D eigenvalue weighted by molar-refractivity contribution is 4.52. The van der Waals surface area contributed by atoms with Gasteiger partial charge in [-0.2, -0.15) is 0 Å². The Morgan fingerprint density at radius 1 is 1.20 bits per heavy atom. The molecule has 1 atom stereocenters. The van der Waals surface area contributed by atoms with Crippen molar-refractivity contribution in [3.63, 3.8) is 0 Å². The van der Waals surface area contributed by atoms with Gasteiger partial charge in [-0.05, 0) is 31.8 Å². The molecule has 1 unspecified atom stereocenters. The van der Waals surface area contributed by atoms with Crippen LogP contribution in [0.4, 0.5) is 0 Å². The Kier molecular flexibility index (Phi) is 7.04. The van der Waals surface area contributed by atoms with E-state index in [-0.39, 0.29) is 0 Å². The van der Waals surface area contributed by atoms with Crippen molar-refractivity contribution in [2.75, 3.05) is 13.1 Å². The van der Waals surface area contributed by atoms with Gasteiger partial charge in [-0.25, -0.2) is 0 Å². The van der Waals surface area contributed by atoms with Crippen LogP contribution in [-0.4, -0.2) is 13.1 Å². The van der Waals surface area contributed by atoms with Gasteiger partial charge in [0.25, 0.3) is 0 Å². The molecule has 0 radical (unpaired) electrons. The zero-order valence-corrected chi connectivity index (χ0v) is 7.61. The van der Waals surface area contributed by atoms with E-state index in [1.54, 1.807) is 0 Å². The minimum absolute atomic E-state index is 0.893. The number of rotatable bonds is 6. The summed E-state index contributed by atoms with van der Waals surface area (Å²) >= 11 is 0. The van der Waals surface area contributed by atoms with E-state index in [0.717, 1.165) is 5.92 Å². The molecule has 1 heteroatoms. The van der Waals surface area contributed by atoms with Crippen molar-refractivity contribution >= 4 is 0 Å². The van der Waals surface area contributed by atoms with Gasteiger partial charge in [0.05, 0.1) is 0 Å². The fourth-order valence-electron chi connectivity index (χ4n) is 0.854. The Hall–Kier alpha value is -0.0400. The third-order valence-corrected chi connectivity index (χ3v) is 1.94. The van der Waals surface area contributed by atoms with E-state index in [2.05, 4.69) is 26.1 Å². The topological polar surface area (TPSA) is 12.0 Å². The van der Waals surface area contributed by atoms with Crippen LogP contribution >= 0.6 is 0 Å². The zero-order chi connectivity index (χ0) is 7.82.